The maximum Gasteiger partial charge on any atom is 0.191 e. The van der Waals surface area contributed by atoms with Gasteiger partial charge in [-0.05, 0) is 65.8 Å². The van der Waals surface area contributed by atoms with E-state index in [-0.39, 0.29) is 17.7 Å². The molecule has 0 bridgehead atoms. The van der Waals surface area contributed by atoms with Crippen LogP contribution in [-0.2, 0) is 6.61 Å². The van der Waals surface area contributed by atoms with Gasteiger partial charge in [-0.3, -0.25) is 0 Å². The van der Waals surface area contributed by atoms with E-state index in [0.29, 0.717) is 5.92 Å². The van der Waals surface area contributed by atoms with Crippen molar-refractivity contribution in [2.75, 3.05) is 0 Å². The molecule has 0 aliphatic heterocycles. The summed E-state index contributed by atoms with van der Waals surface area (Å²) in [6, 6.07) is 14.5. The SMILES string of the molecule is Fc1cc(C2CCCCC2)ccc1-c1cc(F)c(OCc2ccc(Br)cc2)c(F)c1. The lowest BCUT2D eigenvalue weighted by Gasteiger charge is -2.22. The average Bonchev–Trinajstić information content (AvgIpc) is 2.75. The molecule has 0 amide bonds. The molecule has 0 atom stereocenters. The van der Waals surface area contributed by atoms with Gasteiger partial charge in [0.15, 0.2) is 17.4 Å². The Hall–Kier alpha value is -2.27. The van der Waals surface area contributed by atoms with Gasteiger partial charge in [0.25, 0.3) is 0 Å². The Morgan fingerprint density at radius 3 is 2.10 bits per heavy atom. The summed E-state index contributed by atoms with van der Waals surface area (Å²) in [5, 5.41) is 0. The van der Waals surface area contributed by atoms with E-state index >= 15 is 0 Å². The highest BCUT2D eigenvalue weighted by Gasteiger charge is 2.19. The van der Waals surface area contributed by atoms with Gasteiger partial charge in [0.05, 0.1) is 0 Å². The van der Waals surface area contributed by atoms with Crippen LogP contribution in [-0.4, -0.2) is 0 Å². The first-order valence-corrected chi connectivity index (χ1v) is 11.0. The molecule has 1 saturated carbocycles. The lowest BCUT2D eigenvalue weighted by Crippen LogP contribution is -2.05. The maximum absolute atomic E-state index is 14.8. The zero-order chi connectivity index (χ0) is 21.1. The molecule has 5 heteroatoms. The fraction of sp³-hybridized carbons (Fsp3) is 0.280. The second-order valence-electron chi connectivity index (χ2n) is 7.76. The largest absolute Gasteiger partial charge is 0.483 e. The summed E-state index contributed by atoms with van der Waals surface area (Å²) in [6.45, 7) is 0.0327. The summed E-state index contributed by atoms with van der Waals surface area (Å²) in [7, 11) is 0. The van der Waals surface area contributed by atoms with Crippen molar-refractivity contribution in [3.63, 3.8) is 0 Å². The van der Waals surface area contributed by atoms with Crippen LogP contribution in [0, 0.1) is 17.5 Å². The summed E-state index contributed by atoms with van der Waals surface area (Å²) in [6.07, 6.45) is 5.67. The molecule has 0 saturated heterocycles. The molecule has 4 rings (SSSR count). The van der Waals surface area contributed by atoms with Gasteiger partial charge in [0.1, 0.15) is 12.4 Å². The normalized spacial score (nSPS) is 14.7. The van der Waals surface area contributed by atoms with Crippen LogP contribution >= 0.6 is 15.9 Å². The first-order valence-electron chi connectivity index (χ1n) is 10.2. The Labute approximate surface area is 183 Å². The van der Waals surface area contributed by atoms with Crippen molar-refractivity contribution in [3.8, 4) is 16.9 Å². The van der Waals surface area contributed by atoms with Gasteiger partial charge in [-0.2, -0.15) is 0 Å². The van der Waals surface area contributed by atoms with Crippen LogP contribution in [0.15, 0.2) is 59.1 Å². The number of ether oxygens (including phenoxy) is 1. The van der Waals surface area contributed by atoms with Crippen LogP contribution in [0.1, 0.15) is 49.1 Å². The van der Waals surface area contributed by atoms with E-state index in [1.807, 2.05) is 18.2 Å². The number of halogens is 4. The molecule has 30 heavy (non-hydrogen) atoms. The minimum atomic E-state index is -0.849. The molecular weight excluding hydrogens is 453 g/mol. The number of hydrogen-bond acceptors (Lipinski definition) is 1. The second kappa shape index (κ2) is 9.25. The van der Waals surface area contributed by atoms with Gasteiger partial charge in [0, 0.05) is 10.0 Å². The summed E-state index contributed by atoms with van der Waals surface area (Å²) in [5.41, 5.74) is 2.09. The first kappa shape index (κ1) is 21.0. The third-order valence-corrected chi connectivity index (χ3v) is 6.20. The molecule has 0 heterocycles. The van der Waals surface area contributed by atoms with Crippen LogP contribution in [0.4, 0.5) is 13.2 Å². The molecule has 1 aliphatic rings. The third-order valence-electron chi connectivity index (χ3n) is 5.68. The Kier molecular flexibility index (Phi) is 6.47. The van der Waals surface area contributed by atoms with E-state index in [4.69, 9.17) is 4.74 Å². The number of benzene rings is 3. The maximum atomic E-state index is 14.8. The van der Waals surface area contributed by atoms with E-state index < -0.39 is 23.2 Å². The van der Waals surface area contributed by atoms with Crippen molar-refractivity contribution < 1.29 is 17.9 Å². The predicted molar refractivity (Wildman–Crippen MR) is 116 cm³/mol. The molecule has 0 radical (unpaired) electrons. The zero-order valence-electron chi connectivity index (χ0n) is 16.4. The summed E-state index contributed by atoms with van der Waals surface area (Å²) < 4.78 is 50.2. The second-order valence-corrected chi connectivity index (χ2v) is 8.67. The van der Waals surface area contributed by atoms with Crippen LogP contribution in [0.5, 0.6) is 5.75 Å². The van der Waals surface area contributed by atoms with Crippen molar-refractivity contribution in [2.45, 2.75) is 44.6 Å². The molecule has 0 N–H and O–H groups in total. The fourth-order valence-electron chi connectivity index (χ4n) is 4.04. The molecule has 3 aromatic rings. The molecule has 156 valence electrons. The molecule has 1 aliphatic carbocycles. The van der Waals surface area contributed by atoms with Crippen LogP contribution in [0.2, 0.25) is 0 Å². The van der Waals surface area contributed by atoms with Crippen LogP contribution in [0.25, 0.3) is 11.1 Å². The van der Waals surface area contributed by atoms with E-state index in [1.54, 1.807) is 18.2 Å². The van der Waals surface area contributed by atoms with Gasteiger partial charge in [0.2, 0.25) is 0 Å². The highest BCUT2D eigenvalue weighted by Crippen LogP contribution is 2.36. The van der Waals surface area contributed by atoms with Gasteiger partial charge in [-0.1, -0.05) is 59.5 Å². The fourth-order valence-corrected chi connectivity index (χ4v) is 4.31. The molecule has 1 nitrogen and oxygen atoms in total. The van der Waals surface area contributed by atoms with Crippen molar-refractivity contribution in [1.82, 2.24) is 0 Å². The van der Waals surface area contributed by atoms with Crippen molar-refractivity contribution in [3.05, 3.63) is 87.6 Å². The minimum Gasteiger partial charge on any atom is -0.483 e. The van der Waals surface area contributed by atoms with E-state index in [2.05, 4.69) is 15.9 Å². The lowest BCUT2D eigenvalue weighted by atomic mass is 9.83. The Balaban J connectivity index is 1.54. The Bertz CT molecular complexity index is 1000. The predicted octanol–water partition coefficient (Wildman–Crippen LogP) is 8.16. The monoisotopic (exact) mass is 474 g/mol. The number of hydrogen-bond donors (Lipinski definition) is 0. The molecule has 0 aromatic heterocycles. The summed E-state index contributed by atoms with van der Waals surface area (Å²) >= 11 is 3.34. The molecule has 0 unspecified atom stereocenters. The van der Waals surface area contributed by atoms with Crippen molar-refractivity contribution in [2.24, 2.45) is 0 Å². The van der Waals surface area contributed by atoms with Gasteiger partial charge in [-0.25, -0.2) is 13.2 Å². The highest BCUT2D eigenvalue weighted by molar-refractivity contribution is 9.10. The van der Waals surface area contributed by atoms with E-state index in [1.165, 1.54) is 12.5 Å². The van der Waals surface area contributed by atoms with Gasteiger partial charge >= 0.3 is 0 Å². The highest BCUT2D eigenvalue weighted by atomic mass is 79.9. The Morgan fingerprint density at radius 2 is 1.47 bits per heavy atom. The molecule has 1 fully saturated rings. The van der Waals surface area contributed by atoms with Crippen molar-refractivity contribution in [1.29, 1.82) is 0 Å². The van der Waals surface area contributed by atoms with E-state index in [9.17, 15) is 13.2 Å². The standard InChI is InChI=1S/C25H22BrF3O/c26-20-9-6-16(7-10-20)15-30-25-23(28)13-19(14-24(25)29)21-11-8-18(12-22(21)27)17-4-2-1-3-5-17/h6-14,17H,1-5,15H2. The summed E-state index contributed by atoms with van der Waals surface area (Å²) in [5.74, 6) is -2.25. The van der Waals surface area contributed by atoms with Gasteiger partial charge in [-0.15, -0.1) is 0 Å². The average molecular weight is 475 g/mol. The third kappa shape index (κ3) is 4.72. The zero-order valence-corrected chi connectivity index (χ0v) is 18.0. The quantitative estimate of drug-likeness (QED) is 0.362. The summed E-state index contributed by atoms with van der Waals surface area (Å²) in [4.78, 5) is 0. The van der Waals surface area contributed by atoms with E-state index in [0.717, 1.165) is 53.4 Å². The smallest absolute Gasteiger partial charge is 0.191 e. The molecule has 0 spiro atoms. The van der Waals surface area contributed by atoms with Gasteiger partial charge < -0.3 is 4.74 Å². The number of rotatable bonds is 5. The first-order chi connectivity index (χ1) is 14.5. The lowest BCUT2D eigenvalue weighted by molar-refractivity contribution is 0.274. The minimum absolute atomic E-state index is 0.0327. The van der Waals surface area contributed by atoms with Crippen LogP contribution in [0.3, 0.4) is 0 Å². The topological polar surface area (TPSA) is 9.23 Å². The Morgan fingerprint density at radius 1 is 0.800 bits per heavy atom. The molecule has 3 aromatic carbocycles. The molecular formula is C25H22BrF3O. The van der Waals surface area contributed by atoms with Crippen LogP contribution < -0.4 is 4.74 Å². The van der Waals surface area contributed by atoms with Crippen molar-refractivity contribution >= 4 is 15.9 Å².